The first-order chi connectivity index (χ1) is 9.37. The highest BCUT2D eigenvalue weighted by Gasteiger charge is 2.16. The normalized spacial score (nSPS) is 10.9. The first-order valence-electron chi connectivity index (χ1n) is 6.18. The molecule has 0 atom stereocenters. The number of anilines is 1. The lowest BCUT2D eigenvalue weighted by atomic mass is 10.1. The van der Waals surface area contributed by atoms with Gasteiger partial charge in [0, 0.05) is 5.39 Å². The van der Waals surface area contributed by atoms with Crippen molar-refractivity contribution in [3.63, 3.8) is 0 Å². The summed E-state index contributed by atoms with van der Waals surface area (Å²) in [6.45, 7) is 5.39. The van der Waals surface area contributed by atoms with Gasteiger partial charge < -0.3 is 4.74 Å². The molecule has 1 heterocycles. The third-order valence-electron chi connectivity index (χ3n) is 2.45. The second-order valence-corrected chi connectivity index (χ2v) is 5.34. The Morgan fingerprint density at radius 2 is 2.05 bits per heavy atom. The highest BCUT2D eigenvalue weighted by Crippen LogP contribution is 2.17. The van der Waals surface area contributed by atoms with Crippen LogP contribution in [0.5, 0.6) is 0 Å². The van der Waals surface area contributed by atoms with Crippen molar-refractivity contribution in [1.82, 2.24) is 4.98 Å². The summed E-state index contributed by atoms with van der Waals surface area (Å²) in [4.78, 5) is 15.9. The van der Waals surface area contributed by atoms with Gasteiger partial charge in [0.25, 0.3) is 0 Å². The molecule has 0 bridgehead atoms. The van der Waals surface area contributed by atoms with Gasteiger partial charge in [0.1, 0.15) is 11.4 Å². The molecular weight excluding hydrogens is 254 g/mol. The summed E-state index contributed by atoms with van der Waals surface area (Å²) in [6, 6.07) is 10.7. The van der Waals surface area contributed by atoms with E-state index >= 15 is 0 Å². The average Bonchev–Trinajstić information content (AvgIpc) is 2.35. The zero-order chi connectivity index (χ0) is 14.8. The Bertz CT molecular complexity index is 696. The van der Waals surface area contributed by atoms with Crippen molar-refractivity contribution in [2.24, 2.45) is 0 Å². The van der Waals surface area contributed by atoms with Crippen molar-refractivity contribution in [2.75, 3.05) is 5.32 Å². The monoisotopic (exact) mass is 269 g/mol. The van der Waals surface area contributed by atoms with Gasteiger partial charge in [-0.1, -0.05) is 0 Å². The third kappa shape index (κ3) is 3.45. The molecule has 0 radical (unpaired) electrons. The first-order valence-corrected chi connectivity index (χ1v) is 6.18. The molecule has 20 heavy (non-hydrogen) atoms. The predicted octanol–water partition coefficient (Wildman–Crippen LogP) is 3.45. The predicted molar refractivity (Wildman–Crippen MR) is 76.3 cm³/mol. The number of ether oxygens (including phenoxy) is 1. The van der Waals surface area contributed by atoms with E-state index in [0.717, 1.165) is 5.39 Å². The lowest BCUT2D eigenvalue weighted by molar-refractivity contribution is 0.0635. The quantitative estimate of drug-likeness (QED) is 0.860. The van der Waals surface area contributed by atoms with E-state index in [0.29, 0.717) is 16.9 Å². The molecule has 1 amide bonds. The lowest BCUT2D eigenvalue weighted by Crippen LogP contribution is -2.27. The summed E-state index contributed by atoms with van der Waals surface area (Å²) in [5.41, 5.74) is 0.729. The summed E-state index contributed by atoms with van der Waals surface area (Å²) in [5, 5.41) is 12.3. The number of nitrogens with one attached hydrogen (secondary N) is 1. The van der Waals surface area contributed by atoms with Gasteiger partial charge in [-0.25, -0.2) is 9.78 Å². The molecule has 2 rings (SSSR count). The van der Waals surface area contributed by atoms with Crippen molar-refractivity contribution < 1.29 is 9.53 Å². The fourth-order valence-corrected chi connectivity index (χ4v) is 1.67. The van der Waals surface area contributed by atoms with E-state index in [1.165, 1.54) is 0 Å². The Kier molecular flexibility index (Phi) is 3.57. The van der Waals surface area contributed by atoms with Gasteiger partial charge >= 0.3 is 6.09 Å². The molecule has 102 valence electrons. The van der Waals surface area contributed by atoms with Crippen LogP contribution in [0.3, 0.4) is 0 Å². The number of nitriles is 1. The maximum absolute atomic E-state index is 11.6. The van der Waals surface area contributed by atoms with E-state index in [1.807, 2.05) is 0 Å². The van der Waals surface area contributed by atoms with Crippen molar-refractivity contribution >= 4 is 22.8 Å². The van der Waals surface area contributed by atoms with Crippen LogP contribution in [0.1, 0.15) is 26.3 Å². The van der Waals surface area contributed by atoms with Crippen LogP contribution in [0.15, 0.2) is 30.3 Å². The minimum absolute atomic E-state index is 0.413. The average molecular weight is 269 g/mol. The number of carbonyl (C=O) groups is 1. The van der Waals surface area contributed by atoms with Crippen LogP contribution in [-0.2, 0) is 4.74 Å². The number of hydrogen-bond donors (Lipinski definition) is 1. The fraction of sp³-hybridized carbons (Fsp3) is 0.267. The smallest absolute Gasteiger partial charge is 0.413 e. The molecule has 0 spiro atoms. The number of benzene rings is 1. The van der Waals surface area contributed by atoms with Gasteiger partial charge in [-0.05, 0) is 51.1 Å². The molecule has 1 aromatic carbocycles. The Hall–Kier alpha value is -2.61. The van der Waals surface area contributed by atoms with E-state index in [9.17, 15) is 4.79 Å². The first kappa shape index (κ1) is 13.8. The topological polar surface area (TPSA) is 75.0 Å². The van der Waals surface area contributed by atoms with E-state index < -0.39 is 11.7 Å². The minimum Gasteiger partial charge on any atom is -0.444 e. The van der Waals surface area contributed by atoms with E-state index in [1.54, 1.807) is 51.1 Å². The standard InChI is InChI=1S/C15H15N3O2/c1-15(2,3)20-14(19)18-13-7-5-11-8-10(9-16)4-6-12(11)17-13/h4-8H,1-3H3,(H,17,18,19). The largest absolute Gasteiger partial charge is 0.444 e. The fourth-order valence-electron chi connectivity index (χ4n) is 1.67. The number of nitrogens with zero attached hydrogens (tertiary/aromatic N) is 2. The van der Waals surface area contributed by atoms with Gasteiger partial charge in [-0.3, -0.25) is 5.32 Å². The van der Waals surface area contributed by atoms with E-state index in [2.05, 4.69) is 16.4 Å². The molecule has 1 aromatic heterocycles. The van der Waals surface area contributed by atoms with Gasteiger partial charge in [0.2, 0.25) is 0 Å². The number of pyridine rings is 1. The van der Waals surface area contributed by atoms with Gasteiger partial charge in [-0.2, -0.15) is 5.26 Å². The van der Waals surface area contributed by atoms with Crippen molar-refractivity contribution in [1.29, 1.82) is 5.26 Å². The molecule has 1 N–H and O–H groups in total. The van der Waals surface area contributed by atoms with Crippen LogP contribution in [0.25, 0.3) is 10.9 Å². The van der Waals surface area contributed by atoms with Crippen molar-refractivity contribution in [3.8, 4) is 6.07 Å². The SMILES string of the molecule is CC(C)(C)OC(=O)Nc1ccc2cc(C#N)ccc2n1. The maximum atomic E-state index is 11.6. The number of fused-ring (bicyclic) bond motifs is 1. The van der Waals surface area contributed by atoms with Crippen LogP contribution in [0.2, 0.25) is 0 Å². The van der Waals surface area contributed by atoms with Crippen LogP contribution >= 0.6 is 0 Å². The second-order valence-electron chi connectivity index (χ2n) is 5.34. The summed E-state index contributed by atoms with van der Waals surface area (Å²) in [5.74, 6) is 0.413. The molecule has 0 saturated carbocycles. The molecule has 2 aromatic rings. The second kappa shape index (κ2) is 5.17. The van der Waals surface area contributed by atoms with Crippen LogP contribution in [0.4, 0.5) is 10.6 Å². The number of aromatic nitrogens is 1. The molecule has 0 aliphatic rings. The summed E-state index contributed by atoms with van der Waals surface area (Å²) in [6.07, 6.45) is -0.544. The van der Waals surface area contributed by atoms with Gasteiger partial charge in [-0.15, -0.1) is 0 Å². The summed E-state index contributed by atoms with van der Waals surface area (Å²) >= 11 is 0. The Labute approximate surface area is 117 Å². The van der Waals surface area contributed by atoms with E-state index in [-0.39, 0.29) is 0 Å². The van der Waals surface area contributed by atoms with Crippen molar-refractivity contribution in [3.05, 3.63) is 35.9 Å². The molecule has 5 nitrogen and oxygen atoms in total. The van der Waals surface area contributed by atoms with E-state index in [4.69, 9.17) is 10.00 Å². The number of rotatable bonds is 1. The highest BCUT2D eigenvalue weighted by atomic mass is 16.6. The summed E-state index contributed by atoms with van der Waals surface area (Å²) < 4.78 is 5.16. The molecule has 0 unspecified atom stereocenters. The number of amides is 1. The van der Waals surface area contributed by atoms with Crippen LogP contribution in [-0.4, -0.2) is 16.7 Å². The molecule has 0 aliphatic heterocycles. The van der Waals surface area contributed by atoms with Crippen LogP contribution in [0, 0.1) is 11.3 Å². The summed E-state index contributed by atoms with van der Waals surface area (Å²) in [7, 11) is 0. The van der Waals surface area contributed by atoms with Crippen molar-refractivity contribution in [2.45, 2.75) is 26.4 Å². The Morgan fingerprint density at radius 1 is 1.30 bits per heavy atom. The molecule has 0 aliphatic carbocycles. The maximum Gasteiger partial charge on any atom is 0.413 e. The Balaban J connectivity index is 2.20. The minimum atomic E-state index is -0.553. The molecule has 0 fully saturated rings. The van der Waals surface area contributed by atoms with Gasteiger partial charge in [0.15, 0.2) is 0 Å². The number of carbonyl (C=O) groups excluding carboxylic acids is 1. The zero-order valence-electron chi connectivity index (χ0n) is 11.6. The third-order valence-corrected chi connectivity index (χ3v) is 2.45. The highest BCUT2D eigenvalue weighted by molar-refractivity contribution is 5.87. The van der Waals surface area contributed by atoms with Crippen LogP contribution < -0.4 is 5.32 Å². The lowest BCUT2D eigenvalue weighted by Gasteiger charge is -2.19. The molecule has 5 heteroatoms. The molecular formula is C15H15N3O2. The molecule has 0 saturated heterocycles. The number of hydrogen-bond acceptors (Lipinski definition) is 4. The zero-order valence-corrected chi connectivity index (χ0v) is 11.6. The Morgan fingerprint density at radius 3 is 2.70 bits per heavy atom. The van der Waals surface area contributed by atoms with Gasteiger partial charge in [0.05, 0.1) is 17.1 Å².